The maximum Gasteiger partial charge on any atom is 0.236 e. The molecular weight excluding hydrogens is 228 g/mol. The van der Waals surface area contributed by atoms with E-state index in [2.05, 4.69) is 11.8 Å². The van der Waals surface area contributed by atoms with Crippen LogP contribution in [0.25, 0.3) is 0 Å². The molecule has 4 nitrogen and oxygen atoms in total. The number of rotatable bonds is 4. The lowest BCUT2D eigenvalue weighted by Crippen LogP contribution is -2.57. The van der Waals surface area contributed by atoms with Crippen LogP contribution in [-0.2, 0) is 9.53 Å². The van der Waals surface area contributed by atoms with Crippen molar-refractivity contribution in [2.75, 3.05) is 39.8 Å². The normalized spacial score (nSPS) is 22.4. The summed E-state index contributed by atoms with van der Waals surface area (Å²) in [5.41, 5.74) is 0. The molecule has 106 valence electrons. The number of hydrogen-bond donors (Lipinski definition) is 0. The molecule has 2 aliphatic rings. The zero-order valence-corrected chi connectivity index (χ0v) is 11.0. The van der Waals surface area contributed by atoms with Gasteiger partial charge in [-0.15, -0.1) is 0 Å². The minimum absolute atomic E-state index is 0. The van der Waals surface area contributed by atoms with Gasteiger partial charge in [0.05, 0.1) is 12.6 Å². The number of likely N-dealkylation sites (tertiary alicyclic amines) is 2. The van der Waals surface area contributed by atoms with Crippen molar-refractivity contribution in [3.8, 4) is 0 Å². The molecule has 0 N–H and O–H groups in total. The predicted octanol–water partition coefficient (Wildman–Crippen LogP) is 1.60. The van der Waals surface area contributed by atoms with Gasteiger partial charge < -0.3 is 9.64 Å². The highest BCUT2D eigenvalue weighted by molar-refractivity contribution is 5.79. The first-order valence-corrected chi connectivity index (χ1v) is 6.75. The first kappa shape index (κ1) is 15.4. The molecule has 0 aromatic heterocycles. The highest BCUT2D eigenvalue weighted by atomic mass is 16.5. The SMILES string of the molecule is C.CCC1CCN(CC(=O)N2CC(OC)C2)CC1. The van der Waals surface area contributed by atoms with Crippen LogP contribution in [0.4, 0.5) is 0 Å². The second kappa shape index (κ2) is 7.10. The van der Waals surface area contributed by atoms with Crippen LogP contribution in [0.3, 0.4) is 0 Å². The van der Waals surface area contributed by atoms with Crippen LogP contribution in [0.2, 0.25) is 0 Å². The molecule has 18 heavy (non-hydrogen) atoms. The van der Waals surface area contributed by atoms with Gasteiger partial charge in [-0.3, -0.25) is 9.69 Å². The molecule has 4 heteroatoms. The van der Waals surface area contributed by atoms with Gasteiger partial charge in [0.2, 0.25) is 5.91 Å². The summed E-state index contributed by atoms with van der Waals surface area (Å²) >= 11 is 0. The lowest BCUT2D eigenvalue weighted by molar-refractivity contribution is -0.144. The zero-order valence-electron chi connectivity index (χ0n) is 11.0. The van der Waals surface area contributed by atoms with E-state index in [1.165, 1.54) is 19.3 Å². The van der Waals surface area contributed by atoms with Crippen LogP contribution in [-0.4, -0.2) is 61.6 Å². The molecule has 0 radical (unpaired) electrons. The molecule has 0 saturated carbocycles. The fraction of sp³-hybridized carbons (Fsp3) is 0.929. The van der Waals surface area contributed by atoms with Gasteiger partial charge in [-0.2, -0.15) is 0 Å². The maximum absolute atomic E-state index is 11.9. The van der Waals surface area contributed by atoms with Crippen molar-refractivity contribution in [3.05, 3.63) is 0 Å². The average Bonchev–Trinajstić information content (AvgIpc) is 2.28. The van der Waals surface area contributed by atoms with Crippen LogP contribution in [0.15, 0.2) is 0 Å². The molecule has 2 rings (SSSR count). The van der Waals surface area contributed by atoms with E-state index in [-0.39, 0.29) is 19.4 Å². The monoisotopic (exact) mass is 256 g/mol. The fourth-order valence-corrected chi connectivity index (χ4v) is 2.63. The van der Waals surface area contributed by atoms with Gasteiger partial charge in [-0.25, -0.2) is 0 Å². The summed E-state index contributed by atoms with van der Waals surface area (Å²) in [5, 5.41) is 0. The van der Waals surface area contributed by atoms with E-state index in [1.807, 2.05) is 4.90 Å². The Hall–Kier alpha value is -0.610. The minimum atomic E-state index is 0. The van der Waals surface area contributed by atoms with Gasteiger partial charge in [0.1, 0.15) is 0 Å². The van der Waals surface area contributed by atoms with Crippen molar-refractivity contribution in [1.29, 1.82) is 0 Å². The molecule has 0 atom stereocenters. The molecule has 2 aliphatic heterocycles. The Morgan fingerprint density at radius 2 is 1.89 bits per heavy atom. The van der Waals surface area contributed by atoms with Crippen molar-refractivity contribution >= 4 is 5.91 Å². The third-order valence-corrected chi connectivity index (χ3v) is 4.18. The molecule has 0 unspecified atom stereocenters. The molecule has 0 aromatic rings. The van der Waals surface area contributed by atoms with Crippen molar-refractivity contribution in [3.63, 3.8) is 0 Å². The topological polar surface area (TPSA) is 32.8 Å². The van der Waals surface area contributed by atoms with E-state index in [9.17, 15) is 4.79 Å². The molecule has 2 fully saturated rings. The summed E-state index contributed by atoms with van der Waals surface area (Å²) < 4.78 is 5.18. The van der Waals surface area contributed by atoms with Crippen LogP contribution >= 0.6 is 0 Å². The van der Waals surface area contributed by atoms with Gasteiger partial charge in [0.15, 0.2) is 0 Å². The average molecular weight is 256 g/mol. The third-order valence-electron chi connectivity index (χ3n) is 4.18. The highest BCUT2D eigenvalue weighted by Crippen LogP contribution is 2.20. The van der Waals surface area contributed by atoms with Crippen LogP contribution < -0.4 is 0 Å². The second-order valence-electron chi connectivity index (χ2n) is 5.28. The Balaban J connectivity index is 0.00000162. The van der Waals surface area contributed by atoms with E-state index in [0.29, 0.717) is 6.54 Å². The van der Waals surface area contributed by atoms with Gasteiger partial charge in [0, 0.05) is 20.2 Å². The van der Waals surface area contributed by atoms with Crippen LogP contribution in [0, 0.1) is 5.92 Å². The molecular formula is C14H28N2O2. The Morgan fingerprint density at radius 3 is 2.39 bits per heavy atom. The van der Waals surface area contributed by atoms with Gasteiger partial charge in [-0.1, -0.05) is 20.8 Å². The van der Waals surface area contributed by atoms with Crippen molar-refractivity contribution < 1.29 is 9.53 Å². The van der Waals surface area contributed by atoms with Gasteiger partial charge >= 0.3 is 0 Å². The van der Waals surface area contributed by atoms with E-state index >= 15 is 0 Å². The Labute approximate surface area is 111 Å². The predicted molar refractivity (Wildman–Crippen MR) is 73.6 cm³/mol. The second-order valence-corrected chi connectivity index (χ2v) is 5.28. The first-order valence-electron chi connectivity index (χ1n) is 6.75. The zero-order chi connectivity index (χ0) is 12.3. The maximum atomic E-state index is 11.9. The van der Waals surface area contributed by atoms with Gasteiger partial charge in [0.25, 0.3) is 0 Å². The Bertz CT molecular complexity index is 257. The number of ether oxygens (including phenoxy) is 1. The summed E-state index contributed by atoms with van der Waals surface area (Å²) in [5.74, 6) is 1.15. The molecule has 2 saturated heterocycles. The van der Waals surface area contributed by atoms with Gasteiger partial charge in [-0.05, 0) is 31.8 Å². The molecule has 0 aromatic carbocycles. The largest absolute Gasteiger partial charge is 0.378 e. The number of piperidine rings is 1. The molecule has 0 aliphatic carbocycles. The minimum Gasteiger partial charge on any atom is -0.378 e. The smallest absolute Gasteiger partial charge is 0.236 e. The van der Waals surface area contributed by atoms with E-state index in [4.69, 9.17) is 4.74 Å². The van der Waals surface area contributed by atoms with E-state index in [1.54, 1.807) is 7.11 Å². The summed E-state index contributed by atoms with van der Waals surface area (Å²) in [7, 11) is 1.71. The van der Waals surface area contributed by atoms with Crippen molar-refractivity contribution in [1.82, 2.24) is 9.80 Å². The fourth-order valence-electron chi connectivity index (χ4n) is 2.63. The van der Waals surface area contributed by atoms with Crippen LogP contribution in [0.5, 0.6) is 0 Å². The molecule has 0 spiro atoms. The lowest BCUT2D eigenvalue weighted by Gasteiger charge is -2.40. The number of carbonyl (C=O) groups is 1. The van der Waals surface area contributed by atoms with Crippen molar-refractivity contribution in [2.45, 2.75) is 39.7 Å². The van der Waals surface area contributed by atoms with Crippen LogP contribution in [0.1, 0.15) is 33.6 Å². The quantitative estimate of drug-likeness (QED) is 0.766. The lowest BCUT2D eigenvalue weighted by atomic mass is 9.94. The summed E-state index contributed by atoms with van der Waals surface area (Å²) in [4.78, 5) is 16.1. The molecule has 2 heterocycles. The summed E-state index contributed by atoms with van der Waals surface area (Å²) in [6.07, 6.45) is 4.06. The Kier molecular flexibility index (Phi) is 6.09. The van der Waals surface area contributed by atoms with E-state index < -0.39 is 0 Å². The number of nitrogens with zero attached hydrogens (tertiary/aromatic N) is 2. The number of hydrogen-bond acceptors (Lipinski definition) is 3. The Morgan fingerprint density at radius 1 is 1.28 bits per heavy atom. The number of carbonyl (C=O) groups excluding carboxylic acids is 1. The molecule has 1 amide bonds. The first-order chi connectivity index (χ1) is 8.22. The molecule has 0 bridgehead atoms. The standard InChI is InChI=1S/C13H24N2O2.CH4/c1-3-11-4-6-14(7-5-11)10-13(16)15-8-12(9-15)17-2;/h11-12H,3-10H2,1-2H3;1H4. The third kappa shape index (κ3) is 3.69. The number of amides is 1. The summed E-state index contributed by atoms with van der Waals surface area (Å²) in [6.45, 7) is 6.60. The number of methoxy groups -OCH3 is 1. The van der Waals surface area contributed by atoms with E-state index in [0.717, 1.165) is 32.1 Å². The highest BCUT2D eigenvalue weighted by Gasteiger charge is 2.31. The van der Waals surface area contributed by atoms with Crippen molar-refractivity contribution in [2.24, 2.45) is 5.92 Å². The summed E-state index contributed by atoms with van der Waals surface area (Å²) in [6, 6.07) is 0.